The van der Waals surface area contributed by atoms with Crippen LogP contribution in [-0.2, 0) is 4.79 Å². The van der Waals surface area contributed by atoms with Crippen molar-refractivity contribution < 1.29 is 14.7 Å². The van der Waals surface area contributed by atoms with Crippen molar-refractivity contribution in [2.75, 3.05) is 0 Å². The van der Waals surface area contributed by atoms with Crippen LogP contribution in [-0.4, -0.2) is 17.0 Å². The Morgan fingerprint density at radius 3 is 2.65 bits per heavy atom. The molecule has 20 heavy (non-hydrogen) atoms. The number of amides is 1. The van der Waals surface area contributed by atoms with Gasteiger partial charge < -0.3 is 10.4 Å². The Morgan fingerprint density at radius 1 is 1.15 bits per heavy atom. The van der Waals surface area contributed by atoms with Gasteiger partial charge in [0.2, 0.25) is 0 Å². The molecule has 3 aromatic heterocycles. The summed E-state index contributed by atoms with van der Waals surface area (Å²) < 4.78 is 2.09. The van der Waals surface area contributed by atoms with E-state index >= 15 is 0 Å². The van der Waals surface area contributed by atoms with Gasteiger partial charge in [0.05, 0.1) is 4.88 Å². The first-order valence-electron chi connectivity index (χ1n) is 5.69. The molecule has 102 valence electrons. The van der Waals surface area contributed by atoms with Crippen LogP contribution in [0.3, 0.4) is 0 Å². The van der Waals surface area contributed by atoms with Gasteiger partial charge in [0, 0.05) is 14.3 Å². The highest BCUT2D eigenvalue weighted by molar-refractivity contribution is 7.27. The predicted molar refractivity (Wildman–Crippen MR) is 81.9 cm³/mol. The van der Waals surface area contributed by atoms with E-state index in [1.54, 1.807) is 34.9 Å². The number of hydrogen-bond donors (Lipinski definition) is 2. The van der Waals surface area contributed by atoms with Crippen LogP contribution in [0.2, 0.25) is 0 Å². The van der Waals surface area contributed by atoms with Gasteiger partial charge in [-0.15, -0.1) is 34.0 Å². The Labute approximate surface area is 126 Å². The molecule has 2 N–H and O–H groups in total. The Morgan fingerprint density at radius 2 is 2.00 bits per heavy atom. The lowest BCUT2D eigenvalue weighted by Crippen LogP contribution is -2.32. The molecule has 0 saturated heterocycles. The minimum absolute atomic E-state index is 0.348. The maximum Gasteiger partial charge on any atom is 0.331 e. The molecule has 0 radical (unpaired) electrons. The number of fused-ring (bicyclic) bond motifs is 1. The molecule has 0 aromatic carbocycles. The second-order valence-electron chi connectivity index (χ2n) is 4.02. The van der Waals surface area contributed by atoms with Crippen LogP contribution in [0, 0.1) is 0 Å². The Balaban J connectivity index is 1.83. The van der Waals surface area contributed by atoms with Gasteiger partial charge in [0.25, 0.3) is 5.91 Å². The topological polar surface area (TPSA) is 66.4 Å². The lowest BCUT2D eigenvalue weighted by molar-refractivity contribution is -0.139. The van der Waals surface area contributed by atoms with Crippen LogP contribution in [0.25, 0.3) is 9.40 Å². The summed E-state index contributed by atoms with van der Waals surface area (Å²) in [5.41, 5.74) is 0. The average Bonchev–Trinajstić information content (AvgIpc) is 3.10. The summed E-state index contributed by atoms with van der Waals surface area (Å²) in [5, 5.41) is 15.6. The third-order valence-electron chi connectivity index (χ3n) is 2.71. The number of hydrogen-bond acceptors (Lipinski definition) is 5. The lowest BCUT2D eigenvalue weighted by Gasteiger charge is -2.11. The Bertz CT molecular complexity index is 728. The summed E-state index contributed by atoms with van der Waals surface area (Å²) in [6, 6.07) is 6.23. The van der Waals surface area contributed by atoms with E-state index < -0.39 is 12.0 Å². The number of carboxylic acids is 1. The predicted octanol–water partition coefficient (Wildman–Crippen LogP) is 3.58. The summed E-state index contributed by atoms with van der Waals surface area (Å²) in [5.74, 6) is -1.40. The number of rotatable bonds is 4. The zero-order valence-corrected chi connectivity index (χ0v) is 12.5. The molecule has 0 fully saturated rings. The van der Waals surface area contributed by atoms with Crippen LogP contribution >= 0.6 is 34.0 Å². The molecular formula is C13H9NO3S3. The van der Waals surface area contributed by atoms with Gasteiger partial charge >= 0.3 is 5.97 Å². The van der Waals surface area contributed by atoms with Crippen LogP contribution < -0.4 is 5.32 Å². The molecule has 1 amide bonds. The summed E-state index contributed by atoms with van der Waals surface area (Å²) in [7, 11) is 0. The zero-order chi connectivity index (χ0) is 14.1. The van der Waals surface area contributed by atoms with Crippen LogP contribution in [0.4, 0.5) is 0 Å². The van der Waals surface area contributed by atoms with Gasteiger partial charge in [0.15, 0.2) is 6.04 Å². The van der Waals surface area contributed by atoms with Crippen molar-refractivity contribution in [3.8, 4) is 0 Å². The summed E-state index contributed by atoms with van der Waals surface area (Å²) in [6.45, 7) is 0. The molecule has 0 aliphatic heterocycles. The maximum atomic E-state index is 12.2. The number of thiophene rings is 3. The third-order valence-corrected chi connectivity index (χ3v) is 5.74. The molecule has 3 aromatic rings. The number of carbonyl (C=O) groups is 2. The van der Waals surface area contributed by atoms with Gasteiger partial charge in [-0.2, -0.15) is 0 Å². The summed E-state index contributed by atoms with van der Waals surface area (Å²) >= 11 is 4.25. The van der Waals surface area contributed by atoms with Crippen molar-refractivity contribution in [3.63, 3.8) is 0 Å². The first kappa shape index (κ1) is 13.3. The molecule has 7 heteroatoms. The Kier molecular flexibility index (Phi) is 3.56. The van der Waals surface area contributed by atoms with Gasteiger partial charge in [-0.25, -0.2) is 4.79 Å². The molecule has 1 atom stereocenters. The monoisotopic (exact) mass is 323 g/mol. The van der Waals surface area contributed by atoms with Crippen molar-refractivity contribution in [3.05, 3.63) is 44.8 Å². The molecule has 4 nitrogen and oxygen atoms in total. The smallest absolute Gasteiger partial charge is 0.331 e. The number of carboxylic acid groups (broad SMARTS) is 1. The van der Waals surface area contributed by atoms with Crippen LogP contribution in [0.15, 0.2) is 35.0 Å². The van der Waals surface area contributed by atoms with Crippen molar-refractivity contribution in [2.24, 2.45) is 0 Å². The number of nitrogens with one attached hydrogen (secondary N) is 1. The van der Waals surface area contributed by atoms with E-state index in [0.717, 1.165) is 9.40 Å². The van der Waals surface area contributed by atoms with E-state index in [1.165, 1.54) is 22.7 Å². The van der Waals surface area contributed by atoms with E-state index in [1.807, 2.05) is 11.4 Å². The zero-order valence-electron chi connectivity index (χ0n) is 10.0. The fourth-order valence-corrected chi connectivity index (χ4v) is 4.57. The van der Waals surface area contributed by atoms with Gasteiger partial charge in [-0.3, -0.25) is 4.79 Å². The molecule has 0 aliphatic rings. The van der Waals surface area contributed by atoms with Crippen molar-refractivity contribution in [1.29, 1.82) is 0 Å². The number of carbonyl (C=O) groups excluding carboxylic acids is 1. The Hall–Kier alpha value is -1.70. The van der Waals surface area contributed by atoms with E-state index in [4.69, 9.17) is 0 Å². The normalized spacial score (nSPS) is 12.4. The van der Waals surface area contributed by atoms with Gasteiger partial charge in [0.1, 0.15) is 0 Å². The SMILES string of the molecule is O=C(NC(C(=O)O)c1cccs1)c1cc2sccc2s1. The van der Waals surface area contributed by atoms with E-state index in [0.29, 0.717) is 9.75 Å². The number of aliphatic carboxylic acids is 1. The molecule has 0 bridgehead atoms. The quantitative estimate of drug-likeness (QED) is 0.771. The highest BCUT2D eigenvalue weighted by Gasteiger charge is 2.24. The van der Waals surface area contributed by atoms with Crippen molar-refractivity contribution in [1.82, 2.24) is 5.32 Å². The second-order valence-corrected chi connectivity index (χ2v) is 7.03. The van der Waals surface area contributed by atoms with Gasteiger partial charge in [-0.05, 0) is 29.0 Å². The van der Waals surface area contributed by atoms with E-state index in [9.17, 15) is 14.7 Å². The average molecular weight is 323 g/mol. The highest BCUT2D eigenvalue weighted by Crippen LogP contribution is 2.30. The molecule has 0 spiro atoms. The summed E-state index contributed by atoms with van der Waals surface area (Å²) in [6.07, 6.45) is 0. The fraction of sp³-hybridized carbons (Fsp3) is 0.0769. The molecule has 0 aliphatic carbocycles. The molecule has 1 unspecified atom stereocenters. The first-order valence-corrected chi connectivity index (χ1v) is 8.27. The lowest BCUT2D eigenvalue weighted by atomic mass is 10.2. The van der Waals surface area contributed by atoms with E-state index in [2.05, 4.69) is 5.32 Å². The first-order chi connectivity index (χ1) is 9.65. The van der Waals surface area contributed by atoms with Gasteiger partial charge in [-0.1, -0.05) is 6.07 Å². The largest absolute Gasteiger partial charge is 0.479 e. The van der Waals surface area contributed by atoms with Crippen molar-refractivity contribution in [2.45, 2.75) is 6.04 Å². The fourth-order valence-electron chi connectivity index (χ4n) is 1.79. The standard InChI is InChI=1S/C13H9NO3S3/c15-12(10-6-9-7(20-10)3-5-19-9)14-11(13(16)17)8-2-1-4-18-8/h1-6,11H,(H,14,15)(H,16,17). The minimum Gasteiger partial charge on any atom is -0.479 e. The minimum atomic E-state index is -1.06. The van der Waals surface area contributed by atoms with Crippen molar-refractivity contribution >= 4 is 55.3 Å². The molecule has 3 heterocycles. The van der Waals surface area contributed by atoms with E-state index in [-0.39, 0.29) is 5.91 Å². The third kappa shape index (κ3) is 2.47. The summed E-state index contributed by atoms with van der Waals surface area (Å²) in [4.78, 5) is 24.6. The van der Waals surface area contributed by atoms with Crippen LogP contribution in [0.5, 0.6) is 0 Å². The highest BCUT2D eigenvalue weighted by atomic mass is 32.1. The molecular weight excluding hydrogens is 314 g/mol. The second kappa shape index (κ2) is 5.35. The maximum absolute atomic E-state index is 12.2. The molecule has 0 saturated carbocycles. The van der Waals surface area contributed by atoms with Crippen LogP contribution in [0.1, 0.15) is 20.6 Å². The molecule has 3 rings (SSSR count).